The predicted octanol–water partition coefficient (Wildman–Crippen LogP) is 3.87. The molecule has 0 spiro atoms. The molecular weight excluding hydrogens is 410 g/mol. The van der Waals surface area contributed by atoms with Crippen molar-refractivity contribution in [3.05, 3.63) is 40.6 Å². The van der Waals surface area contributed by atoms with Crippen LogP contribution in [0.5, 0.6) is 0 Å². The molecule has 1 atom stereocenters. The third kappa shape index (κ3) is 5.43. The molecule has 8 heteroatoms. The second kappa shape index (κ2) is 8.06. The fourth-order valence-corrected chi connectivity index (χ4v) is 4.54. The van der Waals surface area contributed by atoms with Gasteiger partial charge in [-0.25, -0.2) is 0 Å². The second-order valence-corrected chi connectivity index (χ2v) is 8.72. The van der Waals surface area contributed by atoms with Crippen molar-refractivity contribution in [1.29, 1.82) is 0 Å². The number of benzene rings is 1. The molecule has 2 nitrogen and oxygen atoms in total. The molecule has 0 aliphatic carbocycles. The topological polar surface area (TPSA) is 29.5 Å². The van der Waals surface area contributed by atoms with E-state index in [9.17, 15) is 27.1 Å². The molecule has 0 radical (unpaired) electrons. The molecule has 0 heterocycles. The van der Waals surface area contributed by atoms with Crippen LogP contribution in [0, 0.1) is 5.41 Å². The van der Waals surface area contributed by atoms with E-state index in [4.69, 9.17) is 4.74 Å². The number of aliphatic hydroxyl groups is 1. The Balaban J connectivity index is 3.58. The van der Waals surface area contributed by atoms with E-state index < -0.39 is 48.8 Å². The SMILES string of the molecule is CCO/C(=C(/[Se]c1ccccc1)C(O)C(C)(C)C)C(F)(F)C(F)(F)F. The van der Waals surface area contributed by atoms with Crippen LogP contribution in [-0.2, 0) is 4.74 Å². The summed E-state index contributed by atoms with van der Waals surface area (Å²) in [5.41, 5.74) is -0.935. The summed E-state index contributed by atoms with van der Waals surface area (Å²) in [6, 6.07) is 8.24. The van der Waals surface area contributed by atoms with E-state index in [1.807, 2.05) is 0 Å². The average Bonchev–Trinajstić information content (AvgIpc) is 2.49. The van der Waals surface area contributed by atoms with Crippen molar-refractivity contribution < 1.29 is 31.8 Å². The van der Waals surface area contributed by atoms with Crippen LogP contribution < -0.4 is 4.46 Å². The predicted molar refractivity (Wildman–Crippen MR) is 86.9 cm³/mol. The number of aliphatic hydroxyl groups excluding tert-OH is 1. The minimum absolute atomic E-state index is 0.369. The van der Waals surface area contributed by atoms with Gasteiger partial charge in [-0.15, -0.1) is 0 Å². The van der Waals surface area contributed by atoms with E-state index in [2.05, 4.69) is 0 Å². The summed E-state index contributed by atoms with van der Waals surface area (Å²) in [5, 5.41) is 10.5. The Bertz CT molecular complexity index is 591. The Morgan fingerprint density at radius 2 is 1.60 bits per heavy atom. The van der Waals surface area contributed by atoms with Crippen molar-refractivity contribution in [1.82, 2.24) is 0 Å². The number of allylic oxidation sites excluding steroid dienone is 1. The number of halogens is 5. The van der Waals surface area contributed by atoms with Crippen LogP contribution in [0.1, 0.15) is 27.7 Å². The van der Waals surface area contributed by atoms with Gasteiger partial charge in [0.2, 0.25) is 0 Å². The first-order chi connectivity index (χ1) is 11.3. The third-order valence-electron chi connectivity index (χ3n) is 3.19. The van der Waals surface area contributed by atoms with Crippen molar-refractivity contribution in [3.8, 4) is 0 Å². The zero-order valence-corrected chi connectivity index (χ0v) is 16.0. The van der Waals surface area contributed by atoms with Gasteiger partial charge in [0.1, 0.15) is 0 Å². The fraction of sp³-hybridized carbons (Fsp3) is 0.529. The summed E-state index contributed by atoms with van der Waals surface area (Å²) < 4.78 is 71.8. The van der Waals surface area contributed by atoms with E-state index in [0.29, 0.717) is 4.46 Å². The molecule has 25 heavy (non-hydrogen) atoms. The van der Waals surface area contributed by atoms with Gasteiger partial charge >= 0.3 is 150 Å². The molecule has 1 unspecified atom stereocenters. The molecule has 0 aromatic heterocycles. The number of alkyl halides is 5. The van der Waals surface area contributed by atoms with Gasteiger partial charge in [0.15, 0.2) is 0 Å². The quantitative estimate of drug-likeness (QED) is 0.421. The number of ether oxygens (including phenoxy) is 1. The van der Waals surface area contributed by atoms with Crippen molar-refractivity contribution >= 4 is 19.4 Å². The summed E-state index contributed by atoms with van der Waals surface area (Å²) >= 11 is -0.965. The van der Waals surface area contributed by atoms with Crippen LogP contribution in [0.3, 0.4) is 0 Å². The van der Waals surface area contributed by atoms with Gasteiger partial charge in [-0.05, 0) is 0 Å². The van der Waals surface area contributed by atoms with Gasteiger partial charge in [0.05, 0.1) is 0 Å². The van der Waals surface area contributed by atoms with E-state index in [1.54, 1.807) is 51.1 Å². The zero-order valence-electron chi connectivity index (χ0n) is 14.3. The van der Waals surface area contributed by atoms with Gasteiger partial charge < -0.3 is 0 Å². The Kier molecular flexibility index (Phi) is 7.07. The normalized spacial score (nSPS) is 15.6. The molecular formula is C17H21F5O2Se. The second-order valence-electron chi connectivity index (χ2n) is 6.38. The monoisotopic (exact) mass is 432 g/mol. The molecule has 0 fully saturated rings. The van der Waals surface area contributed by atoms with Crippen molar-refractivity contribution in [2.45, 2.75) is 45.9 Å². The maximum atomic E-state index is 14.1. The number of hydrogen-bond donors (Lipinski definition) is 1. The summed E-state index contributed by atoms with van der Waals surface area (Å²) in [6.45, 7) is 5.64. The van der Waals surface area contributed by atoms with Gasteiger partial charge in [0, 0.05) is 0 Å². The van der Waals surface area contributed by atoms with Crippen LogP contribution in [0.15, 0.2) is 40.6 Å². The summed E-state index contributed by atoms with van der Waals surface area (Å²) in [4.78, 5) is 0. The minimum atomic E-state index is -5.81. The molecule has 1 aromatic rings. The van der Waals surface area contributed by atoms with Crippen molar-refractivity contribution in [3.63, 3.8) is 0 Å². The molecule has 0 saturated carbocycles. The van der Waals surface area contributed by atoms with Gasteiger partial charge in [-0.2, -0.15) is 0 Å². The molecule has 0 amide bonds. The molecule has 142 valence electrons. The molecule has 1 N–H and O–H groups in total. The molecule has 0 aliphatic rings. The third-order valence-corrected chi connectivity index (χ3v) is 5.58. The molecule has 0 saturated heterocycles. The zero-order chi connectivity index (χ0) is 19.5. The van der Waals surface area contributed by atoms with Crippen molar-refractivity contribution in [2.75, 3.05) is 6.61 Å². The van der Waals surface area contributed by atoms with Crippen LogP contribution in [0.2, 0.25) is 0 Å². The molecule has 1 aromatic carbocycles. The molecule has 0 aliphatic heterocycles. The Hall–Kier alpha value is -1.11. The van der Waals surface area contributed by atoms with E-state index >= 15 is 0 Å². The van der Waals surface area contributed by atoms with Gasteiger partial charge in [-0.1, -0.05) is 0 Å². The first-order valence-electron chi connectivity index (χ1n) is 7.55. The fourth-order valence-electron chi connectivity index (χ4n) is 1.82. The van der Waals surface area contributed by atoms with Crippen LogP contribution in [0.25, 0.3) is 0 Å². The van der Waals surface area contributed by atoms with E-state index in [0.717, 1.165) is 0 Å². The van der Waals surface area contributed by atoms with E-state index in [-0.39, 0.29) is 6.61 Å². The van der Waals surface area contributed by atoms with E-state index in [1.165, 1.54) is 6.92 Å². The summed E-state index contributed by atoms with van der Waals surface area (Å²) in [6.07, 6.45) is -7.32. The first-order valence-corrected chi connectivity index (χ1v) is 9.26. The average molecular weight is 431 g/mol. The van der Waals surface area contributed by atoms with Gasteiger partial charge in [0.25, 0.3) is 0 Å². The van der Waals surface area contributed by atoms with Gasteiger partial charge in [-0.3, -0.25) is 0 Å². The van der Waals surface area contributed by atoms with Crippen molar-refractivity contribution in [2.24, 2.45) is 5.41 Å². The molecule has 0 bridgehead atoms. The standard InChI is InChI=1S/C17H21F5O2Se/c1-5-24-14(16(18,19)17(20,21)22)12(13(23)15(2,3)4)25-11-9-7-6-8-10-11/h6-10,13,23H,5H2,1-4H3/b14-12+. The van der Waals surface area contributed by atoms with Crippen LogP contribution in [0.4, 0.5) is 22.0 Å². The Labute approximate surface area is 150 Å². The Morgan fingerprint density at radius 1 is 1.08 bits per heavy atom. The first kappa shape index (κ1) is 21.9. The number of hydrogen-bond acceptors (Lipinski definition) is 2. The number of rotatable bonds is 6. The Morgan fingerprint density at radius 3 is 2.00 bits per heavy atom. The summed E-state index contributed by atoms with van der Waals surface area (Å²) in [5.74, 6) is -6.67. The molecule has 1 rings (SSSR count). The van der Waals surface area contributed by atoms with Crippen LogP contribution >= 0.6 is 0 Å². The maximum absolute atomic E-state index is 14.1. The van der Waals surface area contributed by atoms with Crippen LogP contribution in [-0.4, -0.2) is 44.9 Å². The summed E-state index contributed by atoms with van der Waals surface area (Å²) in [7, 11) is 0.